The maximum atomic E-state index is 13.8. The van der Waals surface area contributed by atoms with E-state index >= 15 is 0 Å². The van der Waals surface area contributed by atoms with Crippen LogP contribution in [0.1, 0.15) is 17.0 Å². The lowest BCUT2D eigenvalue weighted by atomic mass is 10.1. The highest BCUT2D eigenvalue weighted by atomic mass is 19.1. The number of hydrogen-bond donors (Lipinski definition) is 2. The van der Waals surface area contributed by atoms with Gasteiger partial charge in [0.25, 0.3) is 0 Å². The number of nitrogens with zero attached hydrogens (tertiary/aromatic N) is 2. The standard InChI is InChI=1S/C22H17FN4O/c23-18-4-2-1-3-16(18)13-21-26-19-7-6-17(14-20(19)27-21)25-22(28)8-5-15-9-11-24-12-10-15/h1-12,14H,13H2,(H,25,28)(H,26,27)/b8-5+. The van der Waals surface area contributed by atoms with Gasteiger partial charge in [0.2, 0.25) is 5.91 Å². The highest BCUT2D eigenvalue weighted by Gasteiger charge is 2.08. The number of carbonyl (C=O) groups is 1. The maximum absolute atomic E-state index is 13.8. The smallest absolute Gasteiger partial charge is 0.248 e. The van der Waals surface area contributed by atoms with E-state index in [2.05, 4.69) is 20.3 Å². The van der Waals surface area contributed by atoms with Gasteiger partial charge in [0.15, 0.2) is 0 Å². The van der Waals surface area contributed by atoms with Gasteiger partial charge in [-0.1, -0.05) is 18.2 Å². The summed E-state index contributed by atoms with van der Waals surface area (Å²) in [7, 11) is 0. The van der Waals surface area contributed by atoms with E-state index in [0.717, 1.165) is 16.6 Å². The molecule has 0 aliphatic heterocycles. The second-order valence-corrected chi connectivity index (χ2v) is 6.29. The minimum Gasteiger partial charge on any atom is -0.342 e. The number of nitrogens with one attached hydrogen (secondary N) is 2. The monoisotopic (exact) mass is 372 g/mol. The first-order valence-electron chi connectivity index (χ1n) is 8.78. The highest BCUT2D eigenvalue weighted by Crippen LogP contribution is 2.19. The van der Waals surface area contributed by atoms with Gasteiger partial charge in [-0.05, 0) is 53.6 Å². The molecule has 0 aliphatic carbocycles. The first kappa shape index (κ1) is 17.6. The van der Waals surface area contributed by atoms with Crippen LogP contribution in [0, 0.1) is 5.82 Å². The van der Waals surface area contributed by atoms with E-state index in [9.17, 15) is 9.18 Å². The van der Waals surface area contributed by atoms with Crippen molar-refractivity contribution in [3.63, 3.8) is 0 Å². The van der Waals surface area contributed by atoms with Crippen molar-refractivity contribution in [3.05, 3.63) is 95.8 Å². The summed E-state index contributed by atoms with van der Waals surface area (Å²) >= 11 is 0. The molecule has 6 heteroatoms. The minimum atomic E-state index is -0.253. The molecular formula is C22H17FN4O. The van der Waals surface area contributed by atoms with Gasteiger partial charge in [-0.3, -0.25) is 9.78 Å². The zero-order valence-corrected chi connectivity index (χ0v) is 14.9. The van der Waals surface area contributed by atoms with E-state index in [0.29, 0.717) is 23.5 Å². The number of amides is 1. The van der Waals surface area contributed by atoms with E-state index in [1.54, 1.807) is 42.7 Å². The number of rotatable bonds is 5. The minimum absolute atomic E-state index is 0.234. The molecule has 0 bridgehead atoms. The molecule has 28 heavy (non-hydrogen) atoms. The Morgan fingerprint density at radius 1 is 1.11 bits per heavy atom. The molecule has 2 aromatic heterocycles. The molecule has 4 aromatic rings. The molecule has 0 saturated heterocycles. The van der Waals surface area contributed by atoms with Crippen LogP contribution in [-0.4, -0.2) is 20.9 Å². The Kier molecular flexibility index (Phi) is 4.93. The van der Waals surface area contributed by atoms with Crippen LogP contribution in [-0.2, 0) is 11.2 Å². The molecule has 138 valence electrons. The number of fused-ring (bicyclic) bond motifs is 1. The van der Waals surface area contributed by atoms with Gasteiger partial charge in [0.1, 0.15) is 11.6 Å². The molecule has 0 spiro atoms. The second-order valence-electron chi connectivity index (χ2n) is 6.29. The number of aromatic nitrogens is 3. The SMILES string of the molecule is O=C(/C=C/c1ccncc1)Nc1ccc2nc(Cc3ccccc3F)[nH]c2c1. The van der Waals surface area contributed by atoms with Crippen molar-refractivity contribution >= 4 is 28.7 Å². The average Bonchev–Trinajstić information content (AvgIpc) is 3.11. The molecule has 2 aromatic carbocycles. The second kappa shape index (κ2) is 7.84. The Labute approximate surface area is 161 Å². The zero-order chi connectivity index (χ0) is 19.3. The fourth-order valence-corrected chi connectivity index (χ4v) is 2.88. The van der Waals surface area contributed by atoms with Crippen molar-refractivity contribution in [1.29, 1.82) is 0 Å². The summed E-state index contributed by atoms with van der Waals surface area (Å²) in [6, 6.07) is 15.7. The van der Waals surface area contributed by atoms with Crippen LogP contribution in [0.2, 0.25) is 0 Å². The summed E-state index contributed by atoms with van der Waals surface area (Å²) in [4.78, 5) is 23.7. The van der Waals surface area contributed by atoms with Crippen LogP contribution in [0.15, 0.2) is 73.1 Å². The zero-order valence-electron chi connectivity index (χ0n) is 14.9. The van der Waals surface area contributed by atoms with Crippen molar-refractivity contribution < 1.29 is 9.18 Å². The normalized spacial score (nSPS) is 11.2. The van der Waals surface area contributed by atoms with Crippen molar-refractivity contribution in [2.75, 3.05) is 5.32 Å². The fraction of sp³-hybridized carbons (Fsp3) is 0.0455. The van der Waals surface area contributed by atoms with Crippen LogP contribution in [0.4, 0.5) is 10.1 Å². The Balaban J connectivity index is 1.48. The van der Waals surface area contributed by atoms with Crippen molar-refractivity contribution in [1.82, 2.24) is 15.0 Å². The molecule has 2 heterocycles. The molecule has 0 saturated carbocycles. The fourth-order valence-electron chi connectivity index (χ4n) is 2.88. The van der Waals surface area contributed by atoms with Gasteiger partial charge in [-0.2, -0.15) is 0 Å². The number of aromatic amines is 1. The van der Waals surface area contributed by atoms with Gasteiger partial charge in [0, 0.05) is 30.6 Å². The summed E-state index contributed by atoms with van der Waals surface area (Å²) in [5.74, 6) is 0.181. The molecule has 0 fully saturated rings. The quantitative estimate of drug-likeness (QED) is 0.512. The van der Waals surface area contributed by atoms with Crippen LogP contribution in [0.5, 0.6) is 0 Å². The Morgan fingerprint density at radius 2 is 1.93 bits per heavy atom. The molecule has 0 atom stereocenters. The van der Waals surface area contributed by atoms with Crippen molar-refractivity contribution in [2.45, 2.75) is 6.42 Å². The van der Waals surface area contributed by atoms with Crippen molar-refractivity contribution in [2.24, 2.45) is 0 Å². The number of hydrogen-bond acceptors (Lipinski definition) is 3. The van der Waals surface area contributed by atoms with Crippen LogP contribution in [0.3, 0.4) is 0 Å². The van der Waals surface area contributed by atoms with E-state index in [1.807, 2.05) is 24.3 Å². The van der Waals surface area contributed by atoms with Crippen molar-refractivity contribution in [3.8, 4) is 0 Å². The molecule has 0 aliphatic rings. The molecule has 2 N–H and O–H groups in total. The first-order valence-corrected chi connectivity index (χ1v) is 8.78. The van der Waals surface area contributed by atoms with Gasteiger partial charge < -0.3 is 10.3 Å². The Morgan fingerprint density at radius 3 is 2.75 bits per heavy atom. The Bertz CT molecular complexity index is 1150. The largest absolute Gasteiger partial charge is 0.342 e. The van der Waals surface area contributed by atoms with E-state index in [4.69, 9.17) is 0 Å². The summed E-state index contributed by atoms with van der Waals surface area (Å²) in [5, 5.41) is 2.82. The molecule has 1 amide bonds. The van der Waals surface area contributed by atoms with Gasteiger partial charge in [-0.15, -0.1) is 0 Å². The highest BCUT2D eigenvalue weighted by molar-refractivity contribution is 6.02. The number of anilines is 1. The summed E-state index contributed by atoms with van der Waals surface area (Å²) in [5.41, 5.74) is 3.67. The lowest BCUT2D eigenvalue weighted by molar-refractivity contribution is -0.111. The summed E-state index contributed by atoms with van der Waals surface area (Å²) < 4.78 is 13.8. The summed E-state index contributed by atoms with van der Waals surface area (Å²) in [6.45, 7) is 0. The number of benzene rings is 2. The van der Waals surface area contributed by atoms with Gasteiger partial charge in [0.05, 0.1) is 11.0 Å². The topological polar surface area (TPSA) is 70.7 Å². The predicted octanol–water partition coefficient (Wildman–Crippen LogP) is 4.34. The van der Waals surface area contributed by atoms with Crippen LogP contribution in [0.25, 0.3) is 17.1 Å². The number of pyridine rings is 1. The van der Waals surface area contributed by atoms with Gasteiger partial charge >= 0.3 is 0 Å². The third-order valence-corrected chi connectivity index (χ3v) is 4.25. The maximum Gasteiger partial charge on any atom is 0.248 e. The molecular weight excluding hydrogens is 355 g/mol. The van der Waals surface area contributed by atoms with E-state index in [1.165, 1.54) is 12.1 Å². The predicted molar refractivity (Wildman–Crippen MR) is 107 cm³/mol. The summed E-state index contributed by atoms with van der Waals surface area (Å²) in [6.07, 6.45) is 6.90. The number of halogens is 1. The lowest BCUT2D eigenvalue weighted by Crippen LogP contribution is -2.07. The van der Waals surface area contributed by atoms with Crippen LogP contribution < -0.4 is 5.32 Å². The Hall–Kier alpha value is -3.80. The lowest BCUT2D eigenvalue weighted by Gasteiger charge is -2.01. The first-order chi connectivity index (χ1) is 13.7. The third kappa shape index (κ3) is 4.12. The van der Waals surface area contributed by atoms with E-state index in [-0.39, 0.29) is 11.7 Å². The average molecular weight is 372 g/mol. The number of H-pyrrole nitrogens is 1. The molecule has 0 radical (unpaired) electrons. The van der Waals surface area contributed by atoms with Crippen LogP contribution >= 0.6 is 0 Å². The molecule has 5 nitrogen and oxygen atoms in total. The number of carbonyl (C=O) groups excluding carboxylic acids is 1. The molecule has 4 rings (SSSR count). The molecule has 0 unspecified atom stereocenters. The number of imidazole rings is 1. The third-order valence-electron chi connectivity index (χ3n) is 4.25. The van der Waals surface area contributed by atoms with Gasteiger partial charge in [-0.25, -0.2) is 9.37 Å². The van der Waals surface area contributed by atoms with E-state index < -0.39 is 0 Å².